The summed E-state index contributed by atoms with van der Waals surface area (Å²) >= 11 is 0. The first-order valence-electron chi connectivity index (χ1n) is 9.24. The normalized spacial score (nSPS) is 25.3. The van der Waals surface area contributed by atoms with E-state index in [-0.39, 0.29) is 18.1 Å². The number of rotatable bonds is 6. The molecule has 138 valence electrons. The number of fused-ring (bicyclic) bond motifs is 1. The zero-order valence-corrected chi connectivity index (χ0v) is 15.1. The molecule has 6 nitrogen and oxygen atoms in total. The molecule has 2 aromatic rings. The van der Waals surface area contributed by atoms with E-state index >= 15 is 0 Å². The highest BCUT2D eigenvalue weighted by atomic mass is 16.5. The topological polar surface area (TPSA) is 67.6 Å². The van der Waals surface area contributed by atoms with Crippen molar-refractivity contribution in [2.24, 2.45) is 5.92 Å². The van der Waals surface area contributed by atoms with Gasteiger partial charge in [-0.15, -0.1) is 0 Å². The third-order valence-corrected chi connectivity index (χ3v) is 5.19. The number of likely N-dealkylation sites (tertiary alicyclic amines) is 1. The van der Waals surface area contributed by atoms with Crippen LogP contribution in [0.1, 0.15) is 29.9 Å². The lowest BCUT2D eigenvalue weighted by Crippen LogP contribution is -2.29. The van der Waals surface area contributed by atoms with Crippen LogP contribution < -0.4 is 5.32 Å². The lowest BCUT2D eigenvalue weighted by Gasteiger charge is -2.18. The number of amides is 1. The fourth-order valence-corrected chi connectivity index (χ4v) is 3.98. The van der Waals surface area contributed by atoms with Gasteiger partial charge in [0.05, 0.1) is 25.2 Å². The minimum Gasteiger partial charge on any atom is -0.465 e. The molecule has 2 aliphatic heterocycles. The van der Waals surface area contributed by atoms with E-state index in [0.29, 0.717) is 18.9 Å². The average Bonchev–Trinajstić information content (AvgIpc) is 3.29. The van der Waals surface area contributed by atoms with Crippen LogP contribution in [0, 0.1) is 12.8 Å². The second kappa shape index (κ2) is 7.60. The molecule has 26 heavy (non-hydrogen) atoms. The molecular weight excluding hydrogens is 330 g/mol. The number of furan rings is 1. The van der Waals surface area contributed by atoms with Crippen molar-refractivity contribution in [2.45, 2.75) is 45.1 Å². The summed E-state index contributed by atoms with van der Waals surface area (Å²) in [7, 11) is 0. The molecule has 1 N–H and O–H groups in total. The number of aryl methyl sites for hydroxylation is 1. The van der Waals surface area contributed by atoms with Gasteiger partial charge in [0.25, 0.3) is 0 Å². The number of nitrogens with zero attached hydrogens (tertiary/aromatic N) is 2. The molecule has 1 amide bonds. The minimum absolute atomic E-state index is 0.0342. The van der Waals surface area contributed by atoms with Crippen LogP contribution in [0.25, 0.3) is 0 Å². The SMILES string of the molecule is Cc1ccc(CN2C[C@H]3C[C@H](CC(=O)NCc4cccnc4)O[C@H]3C2)o1. The third kappa shape index (κ3) is 4.14. The Kier molecular flexibility index (Phi) is 5.04. The van der Waals surface area contributed by atoms with Gasteiger partial charge in [0, 0.05) is 37.9 Å². The Labute approximate surface area is 153 Å². The highest BCUT2D eigenvalue weighted by molar-refractivity contribution is 5.76. The van der Waals surface area contributed by atoms with Gasteiger partial charge in [-0.05, 0) is 37.1 Å². The molecule has 0 aromatic carbocycles. The van der Waals surface area contributed by atoms with Crippen LogP contribution >= 0.6 is 0 Å². The Balaban J connectivity index is 1.20. The summed E-state index contributed by atoms with van der Waals surface area (Å²) in [6.45, 7) is 5.24. The van der Waals surface area contributed by atoms with Crippen LogP contribution in [0.3, 0.4) is 0 Å². The number of nitrogens with one attached hydrogen (secondary N) is 1. The van der Waals surface area contributed by atoms with Gasteiger partial charge in [0.2, 0.25) is 5.91 Å². The Morgan fingerprint density at radius 2 is 2.27 bits per heavy atom. The number of pyridine rings is 1. The molecule has 0 bridgehead atoms. The van der Waals surface area contributed by atoms with E-state index in [9.17, 15) is 4.79 Å². The van der Waals surface area contributed by atoms with Crippen molar-refractivity contribution >= 4 is 5.91 Å². The molecule has 2 aromatic heterocycles. The van der Waals surface area contributed by atoms with Gasteiger partial charge < -0.3 is 14.5 Å². The maximum atomic E-state index is 12.2. The molecule has 0 aliphatic carbocycles. The van der Waals surface area contributed by atoms with E-state index in [0.717, 1.165) is 43.1 Å². The monoisotopic (exact) mass is 355 g/mol. The third-order valence-electron chi connectivity index (χ3n) is 5.19. The predicted octanol–water partition coefficient (Wildman–Crippen LogP) is 2.28. The average molecular weight is 355 g/mol. The highest BCUT2D eigenvalue weighted by Crippen LogP contribution is 2.34. The van der Waals surface area contributed by atoms with Gasteiger partial charge in [-0.1, -0.05) is 6.07 Å². The molecule has 3 atom stereocenters. The van der Waals surface area contributed by atoms with Crippen molar-refractivity contribution in [1.29, 1.82) is 0 Å². The van der Waals surface area contributed by atoms with Gasteiger partial charge >= 0.3 is 0 Å². The van der Waals surface area contributed by atoms with E-state index in [1.54, 1.807) is 12.4 Å². The quantitative estimate of drug-likeness (QED) is 0.861. The van der Waals surface area contributed by atoms with Crippen LogP contribution in [-0.4, -0.2) is 41.1 Å². The van der Waals surface area contributed by atoms with Crippen molar-refractivity contribution in [3.05, 3.63) is 53.7 Å². The van der Waals surface area contributed by atoms with Gasteiger partial charge in [-0.3, -0.25) is 14.7 Å². The predicted molar refractivity (Wildman–Crippen MR) is 96.2 cm³/mol. The van der Waals surface area contributed by atoms with Crippen LogP contribution in [0.15, 0.2) is 41.1 Å². The summed E-state index contributed by atoms with van der Waals surface area (Å²) in [5.41, 5.74) is 1.01. The molecule has 0 spiro atoms. The summed E-state index contributed by atoms with van der Waals surface area (Å²) < 4.78 is 11.8. The number of carbonyl (C=O) groups excluding carboxylic acids is 1. The Bertz CT molecular complexity index is 732. The molecule has 4 heterocycles. The number of aromatic nitrogens is 1. The maximum absolute atomic E-state index is 12.2. The van der Waals surface area contributed by atoms with E-state index in [4.69, 9.17) is 9.15 Å². The standard InChI is InChI=1S/C20H25N3O3/c1-14-4-5-17(25-14)12-23-11-16-7-18(26-19(16)13-23)8-20(24)22-10-15-3-2-6-21-9-15/h2-6,9,16,18-19H,7-8,10-13H2,1H3,(H,22,24)/t16-,18-,19+/m1/s1. The number of hydrogen-bond acceptors (Lipinski definition) is 5. The highest BCUT2D eigenvalue weighted by Gasteiger charge is 2.42. The Morgan fingerprint density at radius 1 is 1.35 bits per heavy atom. The summed E-state index contributed by atoms with van der Waals surface area (Å²) in [5, 5.41) is 2.95. The fraction of sp³-hybridized carbons (Fsp3) is 0.500. The van der Waals surface area contributed by atoms with Gasteiger partial charge in [-0.2, -0.15) is 0 Å². The molecule has 2 fully saturated rings. The molecule has 4 rings (SSSR count). The van der Waals surface area contributed by atoms with Crippen LogP contribution in [0.2, 0.25) is 0 Å². The van der Waals surface area contributed by atoms with Crippen LogP contribution in [0.5, 0.6) is 0 Å². The molecule has 2 aliphatic rings. The summed E-state index contributed by atoms with van der Waals surface area (Å²) in [6, 6.07) is 7.87. The number of carbonyl (C=O) groups is 1. The second-order valence-corrected chi connectivity index (χ2v) is 7.34. The zero-order valence-electron chi connectivity index (χ0n) is 15.1. The largest absolute Gasteiger partial charge is 0.465 e. The Hall–Kier alpha value is -2.18. The summed E-state index contributed by atoms with van der Waals surface area (Å²) in [5.74, 6) is 2.52. The first-order valence-corrected chi connectivity index (χ1v) is 9.24. The zero-order chi connectivity index (χ0) is 17.9. The van der Waals surface area contributed by atoms with Gasteiger partial charge in [-0.25, -0.2) is 0 Å². The second-order valence-electron chi connectivity index (χ2n) is 7.34. The number of hydrogen-bond donors (Lipinski definition) is 1. The molecule has 6 heteroatoms. The van der Waals surface area contributed by atoms with Crippen molar-refractivity contribution in [3.8, 4) is 0 Å². The van der Waals surface area contributed by atoms with Crippen LogP contribution in [0.4, 0.5) is 0 Å². The molecular formula is C20H25N3O3. The van der Waals surface area contributed by atoms with Crippen LogP contribution in [-0.2, 0) is 22.6 Å². The fourth-order valence-electron chi connectivity index (χ4n) is 3.98. The number of ether oxygens (including phenoxy) is 1. The van der Waals surface area contributed by atoms with E-state index in [1.807, 2.05) is 31.2 Å². The molecule has 0 radical (unpaired) electrons. The van der Waals surface area contributed by atoms with E-state index < -0.39 is 0 Å². The summed E-state index contributed by atoms with van der Waals surface area (Å²) in [4.78, 5) is 18.6. The lowest BCUT2D eigenvalue weighted by atomic mass is 10.0. The Morgan fingerprint density at radius 3 is 3.00 bits per heavy atom. The van der Waals surface area contributed by atoms with Crippen molar-refractivity contribution in [3.63, 3.8) is 0 Å². The first kappa shape index (κ1) is 17.2. The summed E-state index contributed by atoms with van der Waals surface area (Å²) in [6.07, 6.45) is 5.16. The molecule has 0 unspecified atom stereocenters. The molecule has 0 saturated carbocycles. The van der Waals surface area contributed by atoms with Crippen molar-refractivity contribution in [1.82, 2.24) is 15.2 Å². The van der Waals surface area contributed by atoms with Gasteiger partial charge in [0.1, 0.15) is 11.5 Å². The van der Waals surface area contributed by atoms with Crippen molar-refractivity contribution < 1.29 is 13.9 Å². The smallest absolute Gasteiger partial charge is 0.222 e. The lowest BCUT2D eigenvalue weighted by molar-refractivity contribution is -0.124. The van der Waals surface area contributed by atoms with E-state index in [1.165, 1.54) is 0 Å². The minimum atomic E-state index is 0.0342. The van der Waals surface area contributed by atoms with Crippen molar-refractivity contribution in [2.75, 3.05) is 13.1 Å². The van der Waals surface area contributed by atoms with E-state index in [2.05, 4.69) is 15.2 Å². The maximum Gasteiger partial charge on any atom is 0.222 e. The molecule has 2 saturated heterocycles. The van der Waals surface area contributed by atoms with Gasteiger partial charge in [0.15, 0.2) is 0 Å². The first-order chi connectivity index (χ1) is 12.7.